The molecule has 2 N–H and O–H groups in total. The van der Waals surface area contributed by atoms with Crippen LogP contribution in [0.1, 0.15) is 45.6 Å². The molecule has 0 spiro atoms. The lowest BCUT2D eigenvalue weighted by atomic mass is 9.92. The molecule has 0 radical (unpaired) electrons. The maximum Gasteiger partial charge on any atom is 0.119 e. The van der Waals surface area contributed by atoms with Crippen LogP contribution in [0.4, 0.5) is 0 Å². The second-order valence-corrected chi connectivity index (χ2v) is 6.46. The molecule has 3 heteroatoms. The van der Waals surface area contributed by atoms with Gasteiger partial charge in [-0.1, -0.05) is 26.0 Å². The lowest BCUT2D eigenvalue weighted by Gasteiger charge is -2.24. The predicted octanol–water partition coefficient (Wildman–Crippen LogP) is 3.07. The second kappa shape index (κ2) is 6.59. The Morgan fingerprint density at radius 3 is 2.50 bits per heavy atom. The van der Waals surface area contributed by atoms with Crippen molar-refractivity contribution in [2.24, 2.45) is 5.92 Å². The summed E-state index contributed by atoms with van der Waals surface area (Å²) in [6.07, 6.45) is 3.46. The van der Waals surface area contributed by atoms with Crippen LogP contribution in [0.5, 0.6) is 5.75 Å². The molecular formula is C17H27NO2. The van der Waals surface area contributed by atoms with Gasteiger partial charge in [0.2, 0.25) is 0 Å². The van der Waals surface area contributed by atoms with Gasteiger partial charge in [0.1, 0.15) is 5.75 Å². The molecule has 2 rings (SSSR count). The minimum absolute atomic E-state index is 0.418. The Morgan fingerprint density at radius 2 is 1.95 bits per heavy atom. The van der Waals surface area contributed by atoms with Crippen molar-refractivity contribution >= 4 is 0 Å². The maximum absolute atomic E-state index is 10.6. The van der Waals surface area contributed by atoms with Crippen molar-refractivity contribution in [3.63, 3.8) is 0 Å². The first kappa shape index (κ1) is 15.3. The molecule has 112 valence electrons. The molecule has 0 saturated heterocycles. The van der Waals surface area contributed by atoms with Crippen LogP contribution in [0.15, 0.2) is 24.3 Å². The molecule has 20 heavy (non-hydrogen) atoms. The van der Waals surface area contributed by atoms with Gasteiger partial charge in [-0.25, -0.2) is 0 Å². The average molecular weight is 277 g/mol. The van der Waals surface area contributed by atoms with Crippen molar-refractivity contribution in [2.75, 3.05) is 13.1 Å². The number of benzene rings is 1. The van der Waals surface area contributed by atoms with Crippen molar-refractivity contribution in [1.82, 2.24) is 5.32 Å². The largest absolute Gasteiger partial charge is 0.490 e. The Kier molecular flexibility index (Phi) is 5.06. The number of hydrogen-bond acceptors (Lipinski definition) is 3. The van der Waals surface area contributed by atoms with E-state index in [1.165, 1.54) is 12.8 Å². The molecule has 1 saturated carbocycles. The van der Waals surface area contributed by atoms with Gasteiger partial charge < -0.3 is 15.2 Å². The first-order chi connectivity index (χ1) is 9.47. The Hall–Kier alpha value is -1.06. The van der Waals surface area contributed by atoms with Gasteiger partial charge >= 0.3 is 0 Å². The minimum atomic E-state index is -0.790. The zero-order chi connectivity index (χ0) is 14.6. The summed E-state index contributed by atoms with van der Waals surface area (Å²) in [6, 6.07) is 7.87. The lowest BCUT2D eigenvalue weighted by molar-refractivity contribution is 0.0478. The standard InChI is InChI=1S/C17H27NO2/c1-13(2)12-18-11-10-17(3,19)14-4-6-15(7-5-14)20-16-8-9-16/h4-7,13,16,18-19H,8-12H2,1-3H3. The van der Waals surface area contributed by atoms with Gasteiger partial charge in [0.15, 0.2) is 0 Å². The fourth-order valence-corrected chi connectivity index (χ4v) is 2.14. The summed E-state index contributed by atoms with van der Waals surface area (Å²) in [5.41, 5.74) is 0.161. The first-order valence-electron chi connectivity index (χ1n) is 7.67. The summed E-state index contributed by atoms with van der Waals surface area (Å²) < 4.78 is 5.72. The van der Waals surface area contributed by atoms with Gasteiger partial charge in [0, 0.05) is 0 Å². The summed E-state index contributed by atoms with van der Waals surface area (Å²) in [5.74, 6) is 1.55. The zero-order valence-corrected chi connectivity index (χ0v) is 12.9. The highest BCUT2D eigenvalue weighted by molar-refractivity contribution is 5.31. The molecule has 0 amide bonds. The van der Waals surface area contributed by atoms with Gasteiger partial charge in [-0.2, -0.15) is 0 Å². The zero-order valence-electron chi connectivity index (χ0n) is 12.9. The highest BCUT2D eigenvalue weighted by Gasteiger charge is 2.25. The van der Waals surface area contributed by atoms with E-state index in [1.54, 1.807) is 0 Å². The molecule has 1 aromatic rings. The summed E-state index contributed by atoms with van der Waals surface area (Å²) in [7, 11) is 0. The van der Waals surface area contributed by atoms with Crippen LogP contribution in [0.3, 0.4) is 0 Å². The summed E-state index contributed by atoms with van der Waals surface area (Å²) in [6.45, 7) is 8.06. The molecule has 1 atom stereocenters. The Balaban J connectivity index is 1.83. The minimum Gasteiger partial charge on any atom is -0.490 e. The number of rotatable bonds is 8. The van der Waals surface area contributed by atoms with Crippen molar-refractivity contribution in [3.8, 4) is 5.75 Å². The van der Waals surface area contributed by atoms with Gasteiger partial charge in [-0.05, 0) is 62.9 Å². The third-order valence-electron chi connectivity index (χ3n) is 3.64. The molecule has 1 aliphatic rings. The Bertz CT molecular complexity index is 408. The van der Waals surface area contributed by atoms with E-state index >= 15 is 0 Å². The molecule has 0 heterocycles. The summed E-state index contributed by atoms with van der Waals surface area (Å²) in [4.78, 5) is 0. The van der Waals surface area contributed by atoms with E-state index in [4.69, 9.17) is 4.74 Å². The van der Waals surface area contributed by atoms with Crippen LogP contribution in [-0.4, -0.2) is 24.3 Å². The maximum atomic E-state index is 10.6. The molecule has 1 fully saturated rings. The topological polar surface area (TPSA) is 41.5 Å². The molecule has 0 bridgehead atoms. The smallest absolute Gasteiger partial charge is 0.119 e. The molecule has 1 aromatic carbocycles. The predicted molar refractivity (Wildman–Crippen MR) is 82.0 cm³/mol. The molecule has 0 aliphatic heterocycles. The molecular weight excluding hydrogens is 250 g/mol. The van der Waals surface area contributed by atoms with Gasteiger partial charge in [-0.15, -0.1) is 0 Å². The fraction of sp³-hybridized carbons (Fsp3) is 0.647. The first-order valence-corrected chi connectivity index (χ1v) is 7.67. The monoisotopic (exact) mass is 277 g/mol. The third-order valence-corrected chi connectivity index (χ3v) is 3.64. The van der Waals surface area contributed by atoms with Crippen LogP contribution in [0.2, 0.25) is 0 Å². The summed E-state index contributed by atoms with van der Waals surface area (Å²) >= 11 is 0. The van der Waals surface area contributed by atoms with Crippen molar-refractivity contribution in [1.29, 1.82) is 0 Å². The van der Waals surface area contributed by atoms with Crippen LogP contribution in [0, 0.1) is 5.92 Å². The van der Waals surface area contributed by atoms with Crippen molar-refractivity contribution in [2.45, 2.75) is 51.7 Å². The molecule has 0 aromatic heterocycles. The van der Waals surface area contributed by atoms with E-state index in [-0.39, 0.29) is 0 Å². The number of nitrogens with one attached hydrogen (secondary N) is 1. The highest BCUT2D eigenvalue weighted by atomic mass is 16.5. The van der Waals surface area contributed by atoms with Crippen LogP contribution in [0.25, 0.3) is 0 Å². The summed E-state index contributed by atoms with van der Waals surface area (Å²) in [5, 5.41) is 13.9. The van der Waals surface area contributed by atoms with Crippen molar-refractivity contribution < 1.29 is 9.84 Å². The van der Waals surface area contributed by atoms with Crippen LogP contribution >= 0.6 is 0 Å². The number of aliphatic hydroxyl groups is 1. The van der Waals surface area contributed by atoms with E-state index in [1.807, 2.05) is 31.2 Å². The van der Waals surface area contributed by atoms with E-state index in [9.17, 15) is 5.11 Å². The van der Waals surface area contributed by atoms with E-state index in [0.717, 1.165) is 24.4 Å². The third kappa shape index (κ3) is 4.80. The van der Waals surface area contributed by atoms with Crippen LogP contribution in [-0.2, 0) is 5.60 Å². The number of hydrogen-bond donors (Lipinski definition) is 2. The van der Waals surface area contributed by atoms with Crippen molar-refractivity contribution in [3.05, 3.63) is 29.8 Å². The SMILES string of the molecule is CC(C)CNCCC(C)(O)c1ccc(OC2CC2)cc1. The number of ether oxygens (including phenoxy) is 1. The van der Waals surface area contributed by atoms with E-state index in [2.05, 4.69) is 19.2 Å². The fourth-order valence-electron chi connectivity index (χ4n) is 2.14. The quantitative estimate of drug-likeness (QED) is 0.718. The van der Waals surface area contributed by atoms with Gasteiger partial charge in [0.25, 0.3) is 0 Å². The lowest BCUT2D eigenvalue weighted by Crippen LogP contribution is -2.29. The van der Waals surface area contributed by atoms with Gasteiger partial charge in [0.05, 0.1) is 11.7 Å². The van der Waals surface area contributed by atoms with E-state index in [0.29, 0.717) is 18.4 Å². The Labute approximate surface area is 122 Å². The van der Waals surface area contributed by atoms with E-state index < -0.39 is 5.60 Å². The Morgan fingerprint density at radius 1 is 1.30 bits per heavy atom. The normalized spacial score (nSPS) is 18.1. The highest BCUT2D eigenvalue weighted by Crippen LogP contribution is 2.29. The molecule has 1 unspecified atom stereocenters. The van der Waals surface area contributed by atoms with Crippen LogP contribution < -0.4 is 10.1 Å². The second-order valence-electron chi connectivity index (χ2n) is 6.46. The molecule has 1 aliphatic carbocycles. The molecule has 3 nitrogen and oxygen atoms in total. The average Bonchev–Trinajstić information content (AvgIpc) is 3.19. The van der Waals surface area contributed by atoms with Gasteiger partial charge in [-0.3, -0.25) is 0 Å².